The molecule has 2 aromatic heterocycles. The predicted octanol–water partition coefficient (Wildman–Crippen LogP) is 2.94. The molecule has 0 unspecified atom stereocenters. The molecule has 1 aliphatic rings. The largest absolute Gasteiger partial charge is 0.353 e. The molecule has 0 bridgehead atoms. The van der Waals surface area contributed by atoms with Gasteiger partial charge in [0, 0.05) is 31.9 Å². The molecule has 0 aliphatic carbocycles. The highest BCUT2D eigenvalue weighted by Gasteiger charge is 2.29. The van der Waals surface area contributed by atoms with Crippen molar-refractivity contribution in [2.75, 3.05) is 31.1 Å². The molecule has 2 aromatic carbocycles. The van der Waals surface area contributed by atoms with E-state index in [1.807, 2.05) is 50.2 Å². The smallest absolute Gasteiger partial charge is 0.243 e. The average Bonchev–Trinajstić information content (AvgIpc) is 3.16. The molecular formula is C23H24N6O2S. The second-order valence-electron chi connectivity index (χ2n) is 7.97. The number of hydrogen-bond acceptors (Lipinski definition) is 6. The molecule has 0 atom stereocenters. The lowest BCUT2D eigenvalue weighted by molar-refractivity contribution is 0.383. The van der Waals surface area contributed by atoms with Gasteiger partial charge in [0.15, 0.2) is 5.82 Å². The number of piperazine rings is 1. The van der Waals surface area contributed by atoms with E-state index >= 15 is 0 Å². The molecule has 164 valence electrons. The molecule has 5 rings (SSSR count). The van der Waals surface area contributed by atoms with E-state index < -0.39 is 10.0 Å². The number of fused-ring (bicyclic) bond motifs is 1. The number of sulfonamides is 1. The topological polar surface area (TPSA) is 84.2 Å². The van der Waals surface area contributed by atoms with Crippen LogP contribution in [0.1, 0.15) is 11.4 Å². The summed E-state index contributed by atoms with van der Waals surface area (Å²) in [6.07, 6.45) is 3.39. The highest BCUT2D eigenvalue weighted by molar-refractivity contribution is 7.89. The van der Waals surface area contributed by atoms with Crippen LogP contribution in [-0.4, -0.2) is 58.7 Å². The number of rotatable bonds is 4. The van der Waals surface area contributed by atoms with Crippen molar-refractivity contribution in [2.24, 2.45) is 0 Å². The number of benzene rings is 2. The lowest BCUT2D eigenvalue weighted by Crippen LogP contribution is -2.49. The minimum atomic E-state index is -3.56. The number of nitrogens with zero attached hydrogens (tertiary/aromatic N) is 6. The molecule has 3 heterocycles. The van der Waals surface area contributed by atoms with Crippen LogP contribution in [0.15, 0.2) is 65.8 Å². The summed E-state index contributed by atoms with van der Waals surface area (Å²) in [6, 6.07) is 15.1. The fourth-order valence-electron chi connectivity index (χ4n) is 4.10. The van der Waals surface area contributed by atoms with Crippen LogP contribution < -0.4 is 4.90 Å². The molecule has 9 heteroatoms. The van der Waals surface area contributed by atoms with E-state index in [9.17, 15) is 8.42 Å². The van der Waals surface area contributed by atoms with E-state index in [1.165, 1.54) is 0 Å². The minimum Gasteiger partial charge on any atom is -0.353 e. The lowest BCUT2D eigenvalue weighted by atomic mass is 10.1. The van der Waals surface area contributed by atoms with E-state index in [2.05, 4.69) is 15.0 Å². The van der Waals surface area contributed by atoms with Crippen LogP contribution in [-0.2, 0) is 10.0 Å². The Hall–Kier alpha value is -3.30. The van der Waals surface area contributed by atoms with Gasteiger partial charge >= 0.3 is 0 Å². The second-order valence-corrected chi connectivity index (χ2v) is 9.91. The van der Waals surface area contributed by atoms with E-state index in [0.29, 0.717) is 36.9 Å². The molecule has 1 saturated heterocycles. The van der Waals surface area contributed by atoms with Crippen LogP contribution >= 0.6 is 0 Å². The highest BCUT2D eigenvalue weighted by atomic mass is 32.2. The van der Waals surface area contributed by atoms with Gasteiger partial charge in [-0.2, -0.15) is 9.40 Å². The van der Waals surface area contributed by atoms with Gasteiger partial charge in [-0.1, -0.05) is 30.3 Å². The van der Waals surface area contributed by atoms with Crippen molar-refractivity contribution >= 4 is 26.6 Å². The minimum absolute atomic E-state index is 0.330. The molecule has 0 N–H and O–H groups in total. The van der Waals surface area contributed by atoms with Crippen molar-refractivity contribution < 1.29 is 8.42 Å². The van der Waals surface area contributed by atoms with E-state index in [-0.39, 0.29) is 0 Å². The Morgan fingerprint density at radius 1 is 0.844 bits per heavy atom. The first-order valence-electron chi connectivity index (χ1n) is 10.5. The summed E-state index contributed by atoms with van der Waals surface area (Å²) >= 11 is 0. The summed E-state index contributed by atoms with van der Waals surface area (Å²) < 4.78 is 29.8. The summed E-state index contributed by atoms with van der Waals surface area (Å²) in [6.45, 7) is 5.78. The molecule has 4 aromatic rings. The Kier molecular flexibility index (Phi) is 5.15. The van der Waals surface area contributed by atoms with Crippen molar-refractivity contribution in [3.63, 3.8) is 0 Å². The maximum Gasteiger partial charge on any atom is 0.243 e. The van der Waals surface area contributed by atoms with Gasteiger partial charge in [0.1, 0.15) is 5.82 Å². The first-order valence-corrected chi connectivity index (χ1v) is 12.0. The molecule has 1 aliphatic heterocycles. The molecular weight excluding hydrogens is 424 g/mol. The summed E-state index contributed by atoms with van der Waals surface area (Å²) in [7, 11) is -3.56. The Morgan fingerprint density at radius 2 is 1.56 bits per heavy atom. The quantitative estimate of drug-likeness (QED) is 0.477. The fraction of sp³-hybridized carbons (Fsp3) is 0.261. The summed E-state index contributed by atoms with van der Waals surface area (Å²) in [4.78, 5) is 11.4. The molecule has 8 nitrogen and oxygen atoms in total. The molecule has 0 spiro atoms. The molecule has 1 fully saturated rings. The van der Waals surface area contributed by atoms with Gasteiger partial charge in [-0.15, -0.1) is 0 Å². The van der Waals surface area contributed by atoms with Gasteiger partial charge in [-0.3, -0.25) is 4.98 Å². The number of aromatic nitrogens is 4. The number of aryl methyl sites for hydroxylation is 2. The lowest BCUT2D eigenvalue weighted by Gasteiger charge is -2.34. The van der Waals surface area contributed by atoms with Gasteiger partial charge in [-0.05, 0) is 42.8 Å². The summed E-state index contributed by atoms with van der Waals surface area (Å²) in [5.41, 5.74) is 1.91. The van der Waals surface area contributed by atoms with Gasteiger partial charge in [0.05, 0.1) is 23.0 Å². The van der Waals surface area contributed by atoms with Crippen molar-refractivity contribution in [2.45, 2.75) is 18.7 Å². The third-order valence-electron chi connectivity index (χ3n) is 5.76. The SMILES string of the molecule is Cc1cc(C)n(-c2cncc(N3CCN(S(=O)(=O)c4ccc5ccccc5c4)CC3)n2)n1. The zero-order valence-corrected chi connectivity index (χ0v) is 18.8. The van der Waals surface area contributed by atoms with Crippen LogP contribution in [0.3, 0.4) is 0 Å². The van der Waals surface area contributed by atoms with Crippen molar-refractivity contribution in [1.29, 1.82) is 0 Å². The third kappa shape index (κ3) is 3.74. The van der Waals surface area contributed by atoms with Crippen LogP contribution in [0, 0.1) is 13.8 Å². The summed E-state index contributed by atoms with van der Waals surface area (Å²) in [5.74, 6) is 1.37. The molecule has 0 saturated carbocycles. The predicted molar refractivity (Wildman–Crippen MR) is 124 cm³/mol. The van der Waals surface area contributed by atoms with Gasteiger partial charge in [0.2, 0.25) is 10.0 Å². The fourth-order valence-corrected chi connectivity index (χ4v) is 5.55. The second kappa shape index (κ2) is 7.99. The number of anilines is 1. The normalized spacial score (nSPS) is 15.4. The van der Waals surface area contributed by atoms with Crippen LogP contribution in [0.4, 0.5) is 5.82 Å². The zero-order chi connectivity index (χ0) is 22.3. The Labute approximate surface area is 187 Å². The molecule has 32 heavy (non-hydrogen) atoms. The Bertz CT molecular complexity index is 1390. The Morgan fingerprint density at radius 3 is 2.28 bits per heavy atom. The number of hydrogen-bond donors (Lipinski definition) is 0. The van der Waals surface area contributed by atoms with Crippen molar-refractivity contribution in [1.82, 2.24) is 24.1 Å². The van der Waals surface area contributed by atoms with Crippen LogP contribution in [0.5, 0.6) is 0 Å². The van der Waals surface area contributed by atoms with Crippen LogP contribution in [0.2, 0.25) is 0 Å². The highest BCUT2D eigenvalue weighted by Crippen LogP contribution is 2.24. The molecule has 0 radical (unpaired) electrons. The first-order chi connectivity index (χ1) is 15.4. The monoisotopic (exact) mass is 448 g/mol. The van der Waals surface area contributed by atoms with Gasteiger partial charge in [-0.25, -0.2) is 18.1 Å². The van der Waals surface area contributed by atoms with Gasteiger partial charge in [0.25, 0.3) is 0 Å². The van der Waals surface area contributed by atoms with Crippen LogP contribution in [0.25, 0.3) is 16.6 Å². The Balaban J connectivity index is 1.33. The first kappa shape index (κ1) is 20.6. The maximum atomic E-state index is 13.2. The van der Waals surface area contributed by atoms with E-state index in [4.69, 9.17) is 4.98 Å². The van der Waals surface area contributed by atoms with Crippen molar-refractivity contribution in [3.05, 3.63) is 72.3 Å². The third-order valence-corrected chi connectivity index (χ3v) is 7.65. The standard InChI is InChI=1S/C23H24N6O2S/c1-17-13-18(2)29(26-17)23-16-24-15-22(25-23)27-9-11-28(12-10-27)32(30,31)21-8-7-19-5-3-4-6-20(19)14-21/h3-8,13-16H,9-12H2,1-2H3. The van der Waals surface area contributed by atoms with Gasteiger partial charge < -0.3 is 4.90 Å². The maximum absolute atomic E-state index is 13.2. The van der Waals surface area contributed by atoms with Crippen molar-refractivity contribution in [3.8, 4) is 5.82 Å². The zero-order valence-electron chi connectivity index (χ0n) is 18.0. The van der Waals surface area contributed by atoms with E-state index in [0.717, 1.165) is 28.0 Å². The summed E-state index contributed by atoms with van der Waals surface area (Å²) in [5, 5.41) is 6.42. The average molecular weight is 449 g/mol. The van der Waals surface area contributed by atoms with E-state index in [1.54, 1.807) is 33.5 Å². The molecule has 0 amide bonds.